The fraction of sp³-hybridized carbons (Fsp3) is 0.571. The molecule has 23 heavy (non-hydrogen) atoms. The Bertz CT molecular complexity index is 760. The molecule has 0 bridgehead atoms. The minimum atomic E-state index is -4.68. The van der Waals surface area contributed by atoms with Crippen molar-refractivity contribution in [3.05, 3.63) is 27.9 Å². The summed E-state index contributed by atoms with van der Waals surface area (Å²) in [5.41, 5.74) is -0.0916. The normalized spacial score (nSPS) is 17.0. The summed E-state index contributed by atoms with van der Waals surface area (Å²) in [5, 5.41) is 0.178. The molecule has 3 heterocycles. The Morgan fingerprint density at radius 2 is 2.00 bits per heavy atom. The van der Waals surface area contributed by atoms with E-state index in [0.29, 0.717) is 38.5 Å². The zero-order valence-electron chi connectivity index (χ0n) is 12.6. The van der Waals surface area contributed by atoms with E-state index >= 15 is 0 Å². The molecule has 2 aromatic heterocycles. The number of halogens is 3. The van der Waals surface area contributed by atoms with Crippen molar-refractivity contribution >= 4 is 11.0 Å². The fourth-order valence-corrected chi connectivity index (χ4v) is 2.72. The van der Waals surface area contributed by atoms with Crippen LogP contribution < -0.4 is 5.56 Å². The summed E-state index contributed by atoms with van der Waals surface area (Å²) in [7, 11) is 0. The number of nitrogens with one attached hydrogen (secondary N) is 1. The first-order chi connectivity index (χ1) is 10.9. The summed E-state index contributed by atoms with van der Waals surface area (Å²) in [5.74, 6) is -1.16. The third-order valence-corrected chi connectivity index (χ3v) is 3.88. The summed E-state index contributed by atoms with van der Waals surface area (Å²) in [6.07, 6.45) is -4.68. The maximum Gasteiger partial charge on any atom is 0.449 e. The van der Waals surface area contributed by atoms with Crippen molar-refractivity contribution < 1.29 is 17.9 Å². The molecule has 1 aliphatic heterocycles. The molecule has 6 nitrogen and oxygen atoms in total. The van der Waals surface area contributed by atoms with Crippen molar-refractivity contribution in [2.24, 2.45) is 0 Å². The van der Waals surface area contributed by atoms with Crippen molar-refractivity contribution in [3.8, 4) is 0 Å². The van der Waals surface area contributed by atoms with Crippen LogP contribution in [0.2, 0.25) is 0 Å². The Kier molecular flexibility index (Phi) is 4.15. The maximum absolute atomic E-state index is 13.3. The molecule has 2 aromatic rings. The molecule has 0 aliphatic carbocycles. The average molecular weight is 330 g/mol. The highest BCUT2D eigenvalue weighted by atomic mass is 19.4. The number of aromatic amines is 1. The number of ether oxygens (including phenoxy) is 1. The molecule has 0 atom stereocenters. The van der Waals surface area contributed by atoms with Gasteiger partial charge in [-0.15, -0.1) is 0 Å². The zero-order chi connectivity index (χ0) is 16.6. The molecular weight excluding hydrogens is 313 g/mol. The lowest BCUT2D eigenvalue weighted by molar-refractivity contribution is -0.148. The van der Waals surface area contributed by atoms with Crippen LogP contribution in [0.15, 0.2) is 10.9 Å². The van der Waals surface area contributed by atoms with Crippen LogP contribution in [0.1, 0.15) is 11.5 Å². The van der Waals surface area contributed by atoms with Gasteiger partial charge in [0.1, 0.15) is 5.65 Å². The number of rotatable bonds is 3. The highest BCUT2D eigenvalue weighted by molar-refractivity contribution is 5.75. The lowest BCUT2D eigenvalue weighted by Gasteiger charge is -2.27. The molecular formula is C14H17F3N4O2. The average Bonchev–Trinajstić information content (AvgIpc) is 2.87. The Labute approximate surface area is 129 Å². The minimum Gasteiger partial charge on any atom is -0.379 e. The molecule has 3 rings (SSSR count). The smallest absolute Gasteiger partial charge is 0.379 e. The molecule has 1 saturated heterocycles. The van der Waals surface area contributed by atoms with E-state index in [0.717, 1.165) is 4.57 Å². The van der Waals surface area contributed by atoms with Gasteiger partial charge in [-0.3, -0.25) is 14.3 Å². The number of fused-ring (bicyclic) bond motifs is 1. The van der Waals surface area contributed by atoms with Gasteiger partial charge in [0.25, 0.3) is 5.56 Å². The van der Waals surface area contributed by atoms with Crippen molar-refractivity contribution in [1.29, 1.82) is 0 Å². The van der Waals surface area contributed by atoms with Gasteiger partial charge >= 0.3 is 6.18 Å². The van der Waals surface area contributed by atoms with Crippen LogP contribution in [-0.4, -0.2) is 52.3 Å². The molecule has 1 aliphatic rings. The van der Waals surface area contributed by atoms with Gasteiger partial charge in [0.15, 0.2) is 0 Å². The second-order valence-corrected chi connectivity index (χ2v) is 5.56. The number of nitrogens with zero attached hydrogens (tertiary/aromatic N) is 3. The van der Waals surface area contributed by atoms with Crippen LogP contribution in [0.25, 0.3) is 11.0 Å². The molecule has 1 fully saturated rings. The van der Waals surface area contributed by atoms with Gasteiger partial charge < -0.3 is 9.72 Å². The van der Waals surface area contributed by atoms with Crippen LogP contribution in [-0.2, 0) is 17.5 Å². The largest absolute Gasteiger partial charge is 0.449 e. The number of morpholine rings is 1. The second-order valence-electron chi connectivity index (χ2n) is 5.56. The lowest BCUT2D eigenvalue weighted by atomic mass is 10.3. The Morgan fingerprint density at radius 1 is 1.30 bits per heavy atom. The summed E-state index contributed by atoms with van der Waals surface area (Å²) in [6, 6.07) is 1.52. The molecule has 0 radical (unpaired) electrons. The molecule has 1 N–H and O–H groups in total. The zero-order valence-corrected chi connectivity index (χ0v) is 12.6. The molecule has 9 heteroatoms. The Morgan fingerprint density at radius 3 is 2.65 bits per heavy atom. The monoisotopic (exact) mass is 330 g/mol. The molecule has 0 amide bonds. The van der Waals surface area contributed by atoms with Gasteiger partial charge in [-0.25, -0.2) is 4.98 Å². The van der Waals surface area contributed by atoms with Gasteiger partial charge in [0.05, 0.1) is 18.6 Å². The van der Waals surface area contributed by atoms with Crippen LogP contribution in [0.5, 0.6) is 0 Å². The van der Waals surface area contributed by atoms with Gasteiger partial charge in [-0.05, 0) is 13.0 Å². The lowest BCUT2D eigenvalue weighted by Crippen LogP contribution is -2.40. The Hall–Kier alpha value is -1.87. The van der Waals surface area contributed by atoms with E-state index in [4.69, 9.17) is 4.74 Å². The predicted molar refractivity (Wildman–Crippen MR) is 77.4 cm³/mol. The molecule has 0 saturated carbocycles. The van der Waals surface area contributed by atoms with E-state index in [1.807, 2.05) is 4.90 Å². The van der Waals surface area contributed by atoms with Crippen molar-refractivity contribution in [1.82, 2.24) is 19.4 Å². The SMILES string of the molecule is Cc1cc2c(=O)n(CCN3CCOCC3)c(C(F)(F)F)nc2[nH]1. The highest BCUT2D eigenvalue weighted by Gasteiger charge is 2.37. The Balaban J connectivity index is 1.98. The van der Waals surface area contributed by atoms with Crippen LogP contribution in [0, 0.1) is 6.92 Å². The van der Waals surface area contributed by atoms with E-state index in [9.17, 15) is 18.0 Å². The van der Waals surface area contributed by atoms with Crippen LogP contribution in [0.4, 0.5) is 13.2 Å². The standard InChI is InChI=1S/C14H17F3N4O2/c1-9-8-10-11(18-9)19-13(14(15,16)17)21(12(10)22)3-2-20-4-6-23-7-5-20/h8,18H,2-7H2,1H3. The van der Waals surface area contributed by atoms with Crippen LogP contribution in [0.3, 0.4) is 0 Å². The number of hydrogen-bond donors (Lipinski definition) is 1. The quantitative estimate of drug-likeness (QED) is 0.924. The molecule has 0 aromatic carbocycles. The van der Waals surface area contributed by atoms with Crippen molar-refractivity contribution in [2.45, 2.75) is 19.6 Å². The number of aryl methyl sites for hydroxylation is 1. The third-order valence-electron chi connectivity index (χ3n) is 3.88. The highest BCUT2D eigenvalue weighted by Crippen LogP contribution is 2.28. The first-order valence-corrected chi connectivity index (χ1v) is 7.34. The maximum atomic E-state index is 13.3. The topological polar surface area (TPSA) is 63.1 Å². The van der Waals surface area contributed by atoms with Crippen molar-refractivity contribution in [3.63, 3.8) is 0 Å². The van der Waals surface area contributed by atoms with Gasteiger partial charge in [0, 0.05) is 31.9 Å². The van der Waals surface area contributed by atoms with Gasteiger partial charge in [-0.2, -0.15) is 13.2 Å². The molecule has 0 spiro atoms. The fourth-order valence-electron chi connectivity index (χ4n) is 2.72. The van der Waals surface area contributed by atoms with Gasteiger partial charge in [-0.1, -0.05) is 0 Å². The van der Waals surface area contributed by atoms with E-state index in [2.05, 4.69) is 9.97 Å². The van der Waals surface area contributed by atoms with Crippen molar-refractivity contribution in [2.75, 3.05) is 32.8 Å². The summed E-state index contributed by atoms with van der Waals surface area (Å²) < 4.78 is 45.7. The summed E-state index contributed by atoms with van der Waals surface area (Å²) in [4.78, 5) is 20.7. The summed E-state index contributed by atoms with van der Waals surface area (Å²) >= 11 is 0. The van der Waals surface area contributed by atoms with E-state index in [1.165, 1.54) is 6.07 Å². The second kappa shape index (κ2) is 5.97. The van der Waals surface area contributed by atoms with E-state index < -0.39 is 17.6 Å². The number of aromatic nitrogens is 3. The summed E-state index contributed by atoms with van der Waals surface area (Å²) in [6.45, 7) is 4.37. The van der Waals surface area contributed by atoms with Gasteiger partial charge in [0.2, 0.25) is 5.82 Å². The van der Waals surface area contributed by atoms with E-state index in [1.54, 1.807) is 6.92 Å². The first-order valence-electron chi connectivity index (χ1n) is 7.34. The number of alkyl halides is 3. The van der Waals surface area contributed by atoms with E-state index in [-0.39, 0.29) is 17.6 Å². The molecule has 126 valence electrons. The minimum absolute atomic E-state index is 0.0255. The number of H-pyrrole nitrogens is 1. The number of hydrogen-bond acceptors (Lipinski definition) is 4. The van der Waals surface area contributed by atoms with Crippen LogP contribution >= 0.6 is 0 Å². The molecule has 0 unspecified atom stereocenters. The third kappa shape index (κ3) is 3.25. The first kappa shape index (κ1) is 16.0. The predicted octanol–water partition coefficient (Wildman–Crippen LogP) is 1.38.